The molecule has 0 saturated heterocycles. The second-order valence-electron chi connectivity index (χ2n) is 6.72. The van der Waals surface area contributed by atoms with Crippen molar-refractivity contribution >= 4 is 0 Å². The molecule has 0 heteroatoms. The SMILES string of the molecule is CCc1ccc(CCCC(C)(C)c2ccccc2C)cc1. The predicted molar refractivity (Wildman–Crippen MR) is 93.0 cm³/mol. The fourth-order valence-corrected chi connectivity index (χ4v) is 3.14. The van der Waals surface area contributed by atoms with Crippen LogP contribution in [-0.4, -0.2) is 0 Å². The Morgan fingerprint density at radius 3 is 2.10 bits per heavy atom. The average Bonchev–Trinajstić information content (AvgIpc) is 2.48. The monoisotopic (exact) mass is 280 g/mol. The lowest BCUT2D eigenvalue weighted by molar-refractivity contribution is 0.459. The van der Waals surface area contributed by atoms with Crippen molar-refractivity contribution in [3.63, 3.8) is 0 Å². The molecule has 2 aromatic carbocycles. The zero-order chi connectivity index (χ0) is 15.3. The summed E-state index contributed by atoms with van der Waals surface area (Å²) >= 11 is 0. The molecule has 21 heavy (non-hydrogen) atoms. The van der Waals surface area contributed by atoms with Crippen LogP contribution >= 0.6 is 0 Å². The Morgan fingerprint density at radius 1 is 0.857 bits per heavy atom. The molecule has 0 aliphatic heterocycles. The van der Waals surface area contributed by atoms with Gasteiger partial charge in [-0.15, -0.1) is 0 Å². The molecule has 0 saturated carbocycles. The molecule has 0 nitrogen and oxygen atoms in total. The van der Waals surface area contributed by atoms with E-state index in [4.69, 9.17) is 0 Å². The lowest BCUT2D eigenvalue weighted by Crippen LogP contribution is -2.18. The van der Waals surface area contributed by atoms with Gasteiger partial charge in [0.25, 0.3) is 0 Å². The fourth-order valence-electron chi connectivity index (χ4n) is 3.14. The molecular formula is C21H28. The molecule has 2 rings (SSSR count). The maximum Gasteiger partial charge on any atom is -0.0101 e. The Bertz CT molecular complexity index is 561. The van der Waals surface area contributed by atoms with Gasteiger partial charge in [0.15, 0.2) is 0 Å². The van der Waals surface area contributed by atoms with Gasteiger partial charge in [-0.3, -0.25) is 0 Å². The van der Waals surface area contributed by atoms with Gasteiger partial charge in [-0.05, 0) is 60.3 Å². The zero-order valence-corrected chi connectivity index (χ0v) is 13.9. The number of hydrogen-bond donors (Lipinski definition) is 0. The van der Waals surface area contributed by atoms with E-state index in [1.807, 2.05) is 0 Å². The van der Waals surface area contributed by atoms with Crippen LogP contribution in [0.1, 0.15) is 55.9 Å². The van der Waals surface area contributed by atoms with Gasteiger partial charge in [-0.1, -0.05) is 69.3 Å². The van der Waals surface area contributed by atoms with E-state index in [1.54, 1.807) is 0 Å². The molecule has 0 N–H and O–H groups in total. The molecule has 112 valence electrons. The van der Waals surface area contributed by atoms with Gasteiger partial charge in [-0.2, -0.15) is 0 Å². The van der Waals surface area contributed by atoms with E-state index >= 15 is 0 Å². The summed E-state index contributed by atoms with van der Waals surface area (Å²) in [5, 5.41) is 0. The third kappa shape index (κ3) is 4.20. The first-order valence-corrected chi connectivity index (χ1v) is 8.17. The van der Waals surface area contributed by atoms with Crippen LogP contribution < -0.4 is 0 Å². The van der Waals surface area contributed by atoms with Crippen LogP contribution in [0.2, 0.25) is 0 Å². The first-order chi connectivity index (χ1) is 10.0. The van der Waals surface area contributed by atoms with Gasteiger partial charge in [0.05, 0.1) is 0 Å². The summed E-state index contributed by atoms with van der Waals surface area (Å²) in [4.78, 5) is 0. The van der Waals surface area contributed by atoms with E-state index in [1.165, 1.54) is 41.5 Å². The highest BCUT2D eigenvalue weighted by Crippen LogP contribution is 2.31. The molecular weight excluding hydrogens is 252 g/mol. The standard InChI is InChI=1S/C21H28/c1-5-18-12-14-19(15-13-18)10-8-16-21(3,4)20-11-7-6-9-17(20)2/h6-7,9,11-15H,5,8,10,16H2,1-4H3. The lowest BCUT2D eigenvalue weighted by Gasteiger charge is -2.27. The molecule has 0 aromatic heterocycles. The highest BCUT2D eigenvalue weighted by molar-refractivity contribution is 5.32. The minimum Gasteiger partial charge on any atom is -0.0620 e. The summed E-state index contributed by atoms with van der Waals surface area (Å²) < 4.78 is 0. The Morgan fingerprint density at radius 2 is 1.48 bits per heavy atom. The van der Waals surface area contributed by atoms with E-state index < -0.39 is 0 Å². The van der Waals surface area contributed by atoms with E-state index in [0.717, 1.165) is 6.42 Å². The molecule has 0 atom stereocenters. The summed E-state index contributed by atoms with van der Waals surface area (Å²) in [5.74, 6) is 0. The van der Waals surface area contributed by atoms with Crippen LogP contribution in [0, 0.1) is 6.92 Å². The van der Waals surface area contributed by atoms with Crippen LogP contribution in [0.4, 0.5) is 0 Å². The maximum absolute atomic E-state index is 2.37. The first kappa shape index (κ1) is 15.8. The number of aryl methyl sites for hydroxylation is 3. The van der Waals surface area contributed by atoms with Crippen LogP contribution in [-0.2, 0) is 18.3 Å². The van der Waals surface area contributed by atoms with Gasteiger partial charge in [0, 0.05) is 0 Å². The molecule has 0 radical (unpaired) electrons. The highest BCUT2D eigenvalue weighted by atomic mass is 14.3. The molecule has 0 spiro atoms. The molecule has 0 bridgehead atoms. The fraction of sp³-hybridized carbons (Fsp3) is 0.429. The second-order valence-corrected chi connectivity index (χ2v) is 6.72. The van der Waals surface area contributed by atoms with E-state index in [2.05, 4.69) is 76.2 Å². The van der Waals surface area contributed by atoms with Gasteiger partial charge in [0.1, 0.15) is 0 Å². The Labute approximate surface area is 130 Å². The van der Waals surface area contributed by atoms with Gasteiger partial charge < -0.3 is 0 Å². The van der Waals surface area contributed by atoms with Crippen molar-refractivity contribution in [1.82, 2.24) is 0 Å². The van der Waals surface area contributed by atoms with Crippen molar-refractivity contribution in [2.24, 2.45) is 0 Å². The van der Waals surface area contributed by atoms with Crippen molar-refractivity contribution in [1.29, 1.82) is 0 Å². The largest absolute Gasteiger partial charge is 0.0620 e. The summed E-state index contributed by atoms with van der Waals surface area (Å²) in [6.45, 7) is 9.17. The molecule has 0 aliphatic carbocycles. The molecule has 0 unspecified atom stereocenters. The maximum atomic E-state index is 2.37. The van der Waals surface area contributed by atoms with Crippen LogP contribution in [0.5, 0.6) is 0 Å². The molecule has 2 aromatic rings. The third-order valence-electron chi connectivity index (χ3n) is 4.57. The molecule has 0 aliphatic rings. The number of rotatable bonds is 6. The van der Waals surface area contributed by atoms with E-state index in [9.17, 15) is 0 Å². The third-order valence-corrected chi connectivity index (χ3v) is 4.57. The second kappa shape index (κ2) is 6.93. The molecule has 0 heterocycles. The Hall–Kier alpha value is -1.56. The number of hydrogen-bond acceptors (Lipinski definition) is 0. The van der Waals surface area contributed by atoms with Crippen LogP contribution in [0.25, 0.3) is 0 Å². The molecule has 0 fully saturated rings. The van der Waals surface area contributed by atoms with Gasteiger partial charge >= 0.3 is 0 Å². The zero-order valence-electron chi connectivity index (χ0n) is 13.9. The minimum atomic E-state index is 0.259. The minimum absolute atomic E-state index is 0.259. The van der Waals surface area contributed by atoms with Crippen molar-refractivity contribution in [3.05, 3.63) is 70.8 Å². The smallest absolute Gasteiger partial charge is 0.0101 e. The van der Waals surface area contributed by atoms with E-state index in [0.29, 0.717) is 0 Å². The predicted octanol–water partition coefficient (Wildman–Crippen LogP) is 5.86. The molecule has 0 amide bonds. The summed E-state index contributed by atoms with van der Waals surface area (Å²) in [7, 11) is 0. The van der Waals surface area contributed by atoms with Crippen LogP contribution in [0.15, 0.2) is 48.5 Å². The summed E-state index contributed by atoms with van der Waals surface area (Å²) in [6, 6.07) is 17.9. The first-order valence-electron chi connectivity index (χ1n) is 8.17. The van der Waals surface area contributed by atoms with Crippen molar-refractivity contribution in [2.75, 3.05) is 0 Å². The summed E-state index contributed by atoms with van der Waals surface area (Å²) in [6.07, 6.45) is 4.78. The Balaban J connectivity index is 1.94. The quantitative estimate of drug-likeness (QED) is 0.622. The van der Waals surface area contributed by atoms with Crippen molar-refractivity contribution in [2.45, 2.75) is 58.8 Å². The average molecular weight is 280 g/mol. The normalized spacial score (nSPS) is 11.6. The van der Waals surface area contributed by atoms with E-state index in [-0.39, 0.29) is 5.41 Å². The Kier molecular flexibility index (Phi) is 5.22. The van der Waals surface area contributed by atoms with Crippen molar-refractivity contribution < 1.29 is 0 Å². The lowest BCUT2D eigenvalue weighted by atomic mass is 9.78. The van der Waals surface area contributed by atoms with Gasteiger partial charge in [0.2, 0.25) is 0 Å². The van der Waals surface area contributed by atoms with Crippen molar-refractivity contribution in [3.8, 4) is 0 Å². The highest BCUT2D eigenvalue weighted by Gasteiger charge is 2.21. The van der Waals surface area contributed by atoms with Gasteiger partial charge in [-0.25, -0.2) is 0 Å². The topological polar surface area (TPSA) is 0 Å². The van der Waals surface area contributed by atoms with Crippen LogP contribution in [0.3, 0.4) is 0 Å². The number of benzene rings is 2. The summed E-state index contributed by atoms with van der Waals surface area (Å²) in [5.41, 5.74) is 6.06.